The van der Waals surface area contributed by atoms with Crippen molar-refractivity contribution in [1.29, 1.82) is 0 Å². The zero-order valence-electron chi connectivity index (χ0n) is 13.0. The van der Waals surface area contributed by atoms with Crippen LogP contribution >= 0.6 is 0 Å². The van der Waals surface area contributed by atoms with E-state index in [0.717, 1.165) is 17.0 Å². The Morgan fingerprint density at radius 2 is 2.10 bits per heavy atom. The molecule has 1 rings (SSSR count). The van der Waals surface area contributed by atoms with Crippen molar-refractivity contribution in [2.45, 2.75) is 33.6 Å². The molecular weight excluding hydrogens is 270 g/mol. The number of nitrogens with zero attached hydrogens (tertiary/aromatic N) is 2. The molecule has 0 aliphatic rings. The molecule has 0 aliphatic carbocycles. The molecule has 1 unspecified atom stereocenters. The second kappa shape index (κ2) is 7.61. The highest BCUT2D eigenvalue weighted by atomic mass is 16.4. The van der Waals surface area contributed by atoms with Crippen molar-refractivity contribution in [3.63, 3.8) is 0 Å². The molecule has 1 amide bonds. The first kappa shape index (κ1) is 16.9. The molecule has 2 N–H and O–H groups in total. The van der Waals surface area contributed by atoms with Gasteiger partial charge in [0, 0.05) is 37.3 Å². The van der Waals surface area contributed by atoms with Gasteiger partial charge in [-0.25, -0.2) is 0 Å². The van der Waals surface area contributed by atoms with Crippen LogP contribution in [-0.4, -0.2) is 33.3 Å². The predicted molar refractivity (Wildman–Crippen MR) is 80.8 cm³/mol. The Balaban J connectivity index is 2.46. The van der Waals surface area contributed by atoms with E-state index >= 15 is 0 Å². The summed E-state index contributed by atoms with van der Waals surface area (Å²) in [4.78, 5) is 22.2. The Labute approximate surface area is 124 Å². The summed E-state index contributed by atoms with van der Waals surface area (Å²) in [6, 6.07) is 0. The van der Waals surface area contributed by atoms with Crippen molar-refractivity contribution >= 4 is 18.0 Å². The minimum atomic E-state index is -0.810. The first-order valence-electron chi connectivity index (χ1n) is 6.99. The minimum absolute atomic E-state index is 0.126. The number of carboxylic acid groups (broad SMARTS) is 1. The Morgan fingerprint density at radius 3 is 2.62 bits per heavy atom. The fraction of sp³-hybridized carbons (Fsp3) is 0.533. The van der Waals surface area contributed by atoms with Crippen LogP contribution in [0, 0.1) is 19.8 Å². The first-order chi connectivity index (χ1) is 9.81. The van der Waals surface area contributed by atoms with Gasteiger partial charge < -0.3 is 10.4 Å². The van der Waals surface area contributed by atoms with Crippen molar-refractivity contribution in [3.8, 4) is 0 Å². The number of amides is 1. The lowest BCUT2D eigenvalue weighted by Gasteiger charge is -2.09. The smallest absolute Gasteiger partial charge is 0.303 e. The number of aliphatic carboxylic acids is 1. The number of carboxylic acids is 1. The van der Waals surface area contributed by atoms with Crippen molar-refractivity contribution < 1.29 is 14.7 Å². The number of aryl methyl sites for hydroxylation is 2. The maximum Gasteiger partial charge on any atom is 0.303 e. The van der Waals surface area contributed by atoms with E-state index in [2.05, 4.69) is 10.4 Å². The third kappa shape index (κ3) is 5.41. The van der Waals surface area contributed by atoms with Gasteiger partial charge in [-0.1, -0.05) is 6.92 Å². The van der Waals surface area contributed by atoms with E-state index in [0.29, 0.717) is 13.0 Å². The van der Waals surface area contributed by atoms with Gasteiger partial charge in [0.05, 0.1) is 5.69 Å². The van der Waals surface area contributed by atoms with Gasteiger partial charge in [-0.05, 0) is 32.3 Å². The summed E-state index contributed by atoms with van der Waals surface area (Å²) < 4.78 is 1.78. The molecule has 1 atom stereocenters. The summed E-state index contributed by atoms with van der Waals surface area (Å²) in [7, 11) is 1.86. The summed E-state index contributed by atoms with van der Waals surface area (Å²) in [6.07, 6.45) is 3.93. The molecule has 6 heteroatoms. The standard InChI is InChI=1S/C15H23N3O3/c1-10(5-8-15(20)21)9-16-14(19)7-6-13-11(2)17-18(4)12(13)3/h6-7,10H,5,8-9H2,1-4H3,(H,16,19)(H,20,21)/b7-6+. The van der Waals surface area contributed by atoms with Gasteiger partial charge >= 0.3 is 5.97 Å². The molecule has 1 aromatic rings. The van der Waals surface area contributed by atoms with Crippen LogP contribution in [0.5, 0.6) is 0 Å². The second-order valence-electron chi connectivity index (χ2n) is 5.32. The molecule has 1 heterocycles. The number of aromatic nitrogens is 2. The Morgan fingerprint density at radius 1 is 1.43 bits per heavy atom. The van der Waals surface area contributed by atoms with Crippen molar-refractivity contribution in [1.82, 2.24) is 15.1 Å². The topological polar surface area (TPSA) is 84.2 Å². The quantitative estimate of drug-likeness (QED) is 0.749. The predicted octanol–water partition coefficient (Wildman–Crippen LogP) is 1.67. The molecule has 21 heavy (non-hydrogen) atoms. The van der Waals surface area contributed by atoms with Gasteiger partial charge in [0.1, 0.15) is 0 Å². The zero-order valence-corrected chi connectivity index (χ0v) is 13.0. The molecule has 0 fully saturated rings. The van der Waals surface area contributed by atoms with Crippen LogP contribution in [0.25, 0.3) is 6.08 Å². The number of hydrogen-bond donors (Lipinski definition) is 2. The normalized spacial score (nSPS) is 12.6. The van der Waals surface area contributed by atoms with Crippen LogP contribution in [0.1, 0.15) is 36.7 Å². The third-order valence-electron chi connectivity index (χ3n) is 3.44. The van der Waals surface area contributed by atoms with Crippen LogP contribution in [-0.2, 0) is 16.6 Å². The molecular formula is C15H23N3O3. The van der Waals surface area contributed by atoms with Gasteiger partial charge in [-0.2, -0.15) is 5.10 Å². The van der Waals surface area contributed by atoms with Crippen molar-refractivity contribution in [3.05, 3.63) is 23.0 Å². The highest BCUT2D eigenvalue weighted by Crippen LogP contribution is 2.13. The summed E-state index contributed by atoms with van der Waals surface area (Å²) in [5.41, 5.74) is 2.84. The van der Waals surface area contributed by atoms with E-state index < -0.39 is 5.97 Å². The van der Waals surface area contributed by atoms with E-state index in [-0.39, 0.29) is 18.2 Å². The Hall–Kier alpha value is -2.11. The van der Waals surface area contributed by atoms with Crippen LogP contribution in [0.15, 0.2) is 6.08 Å². The highest BCUT2D eigenvalue weighted by molar-refractivity contribution is 5.92. The highest BCUT2D eigenvalue weighted by Gasteiger charge is 2.08. The number of hydrogen-bond acceptors (Lipinski definition) is 3. The maximum atomic E-state index is 11.7. The van der Waals surface area contributed by atoms with E-state index in [4.69, 9.17) is 5.11 Å². The van der Waals surface area contributed by atoms with Gasteiger partial charge in [0.25, 0.3) is 0 Å². The van der Waals surface area contributed by atoms with E-state index in [1.54, 1.807) is 10.8 Å². The molecule has 0 aliphatic heterocycles. The van der Waals surface area contributed by atoms with Gasteiger partial charge in [0.2, 0.25) is 5.91 Å². The van der Waals surface area contributed by atoms with Crippen LogP contribution in [0.3, 0.4) is 0 Å². The lowest BCUT2D eigenvalue weighted by molar-refractivity contribution is -0.137. The maximum absolute atomic E-state index is 11.7. The molecule has 0 bridgehead atoms. The van der Waals surface area contributed by atoms with Gasteiger partial charge in [0.15, 0.2) is 0 Å². The van der Waals surface area contributed by atoms with E-state index in [9.17, 15) is 9.59 Å². The van der Waals surface area contributed by atoms with Crippen molar-refractivity contribution in [2.75, 3.05) is 6.54 Å². The second-order valence-corrected chi connectivity index (χ2v) is 5.32. The summed E-state index contributed by atoms with van der Waals surface area (Å²) in [6.45, 7) is 6.24. The fourth-order valence-electron chi connectivity index (χ4n) is 2.00. The van der Waals surface area contributed by atoms with Crippen LogP contribution in [0.4, 0.5) is 0 Å². The number of nitrogens with one attached hydrogen (secondary N) is 1. The lowest BCUT2D eigenvalue weighted by atomic mass is 10.1. The van der Waals surface area contributed by atoms with E-state index in [1.807, 2.05) is 27.8 Å². The molecule has 0 spiro atoms. The van der Waals surface area contributed by atoms with E-state index in [1.165, 1.54) is 6.08 Å². The average molecular weight is 293 g/mol. The number of rotatable bonds is 7. The average Bonchev–Trinajstić information content (AvgIpc) is 2.65. The summed E-state index contributed by atoms with van der Waals surface area (Å²) in [5.74, 6) is -0.851. The fourth-order valence-corrected chi connectivity index (χ4v) is 2.00. The van der Waals surface area contributed by atoms with Crippen LogP contribution in [0.2, 0.25) is 0 Å². The summed E-state index contributed by atoms with van der Waals surface area (Å²) in [5, 5.41) is 15.7. The molecule has 1 aromatic heterocycles. The largest absolute Gasteiger partial charge is 0.481 e. The minimum Gasteiger partial charge on any atom is -0.481 e. The Bertz CT molecular complexity index is 547. The van der Waals surface area contributed by atoms with Crippen LogP contribution < -0.4 is 5.32 Å². The molecule has 116 valence electrons. The molecule has 0 saturated carbocycles. The summed E-state index contributed by atoms with van der Waals surface area (Å²) >= 11 is 0. The van der Waals surface area contributed by atoms with Gasteiger partial charge in [-0.3, -0.25) is 14.3 Å². The van der Waals surface area contributed by atoms with Gasteiger partial charge in [-0.15, -0.1) is 0 Å². The number of carbonyl (C=O) groups is 2. The third-order valence-corrected chi connectivity index (χ3v) is 3.44. The first-order valence-corrected chi connectivity index (χ1v) is 6.99. The molecule has 0 aromatic carbocycles. The monoisotopic (exact) mass is 293 g/mol. The lowest BCUT2D eigenvalue weighted by Crippen LogP contribution is -2.26. The zero-order chi connectivity index (χ0) is 16.0. The molecule has 0 saturated heterocycles. The molecule has 6 nitrogen and oxygen atoms in total. The van der Waals surface area contributed by atoms with Crippen molar-refractivity contribution in [2.24, 2.45) is 13.0 Å². The molecule has 0 radical (unpaired) electrons. The Kier molecular flexibility index (Phi) is 6.14. The number of carbonyl (C=O) groups excluding carboxylic acids is 1. The SMILES string of the molecule is Cc1nn(C)c(C)c1/C=C/C(=O)NCC(C)CCC(=O)O.